The monoisotopic (exact) mass is 587 g/mol. The molecule has 1 atom stereocenters. The second kappa shape index (κ2) is 8.97. The average Bonchev–Trinajstić information content (AvgIpc) is 3.24. The van der Waals surface area contributed by atoms with Crippen LogP contribution in [0.1, 0.15) is 36.2 Å². The minimum absolute atomic E-state index is 0.00308. The first kappa shape index (κ1) is 28.4. The summed E-state index contributed by atoms with van der Waals surface area (Å²) in [6.07, 6.45) is -8.79. The Hall–Kier alpha value is -2.61. The number of rotatable bonds is 4. The lowest BCUT2D eigenvalue weighted by Gasteiger charge is -2.45. The minimum Gasteiger partial charge on any atom is -0.381 e. The van der Waals surface area contributed by atoms with Crippen molar-refractivity contribution in [2.75, 3.05) is 13.1 Å². The number of hydrogen-bond donors (Lipinski definition) is 2. The van der Waals surface area contributed by atoms with Crippen molar-refractivity contribution in [3.63, 3.8) is 0 Å². The number of carbonyl (C=O) groups is 1. The number of benzene rings is 1. The summed E-state index contributed by atoms with van der Waals surface area (Å²) in [5.74, 6) is -0.681. The van der Waals surface area contributed by atoms with Gasteiger partial charge in [-0.05, 0) is 44.2 Å². The smallest absolute Gasteiger partial charge is 0.381 e. The molecule has 1 saturated heterocycles. The highest BCUT2D eigenvalue weighted by Crippen LogP contribution is 2.50. The topological polar surface area (TPSA) is 74.7 Å². The van der Waals surface area contributed by atoms with Gasteiger partial charge in [0.15, 0.2) is 5.67 Å². The van der Waals surface area contributed by atoms with Gasteiger partial charge in [-0.3, -0.25) is 20.1 Å². The lowest BCUT2D eigenvalue weighted by Crippen LogP contribution is -2.62. The van der Waals surface area contributed by atoms with Crippen molar-refractivity contribution < 1.29 is 45.5 Å². The van der Waals surface area contributed by atoms with E-state index in [9.17, 15) is 36.2 Å². The van der Waals surface area contributed by atoms with Crippen molar-refractivity contribution in [3.05, 3.63) is 69.0 Å². The molecule has 2 N–H and O–H groups in total. The van der Waals surface area contributed by atoms with Crippen molar-refractivity contribution in [1.29, 1.82) is 0 Å². The highest BCUT2D eigenvalue weighted by Gasteiger charge is 2.60. The first-order valence-electron chi connectivity index (χ1n) is 10.8. The predicted molar refractivity (Wildman–Crippen MR) is 121 cm³/mol. The van der Waals surface area contributed by atoms with Crippen LogP contribution >= 0.6 is 23.2 Å². The van der Waals surface area contributed by atoms with Gasteiger partial charge in [-0.25, -0.2) is 4.39 Å². The summed E-state index contributed by atoms with van der Waals surface area (Å²) in [7, 11) is 0. The molecule has 2 aliphatic heterocycles. The van der Waals surface area contributed by atoms with E-state index in [1.807, 2.05) is 0 Å². The largest absolute Gasteiger partial charge is 0.428 e. The molecular weight excluding hydrogens is 570 g/mol. The summed E-state index contributed by atoms with van der Waals surface area (Å²) < 4.78 is 98.0. The van der Waals surface area contributed by atoms with Gasteiger partial charge < -0.3 is 10.0 Å². The lowest BCUT2D eigenvalue weighted by molar-refractivity contribution is -0.269. The molecule has 0 aliphatic carbocycles. The number of pyridine rings is 1. The first-order chi connectivity index (χ1) is 17.3. The quantitative estimate of drug-likeness (QED) is 0.461. The fraction of sp³-hybridized carbons (Fsp3) is 0.391. The van der Waals surface area contributed by atoms with Crippen molar-refractivity contribution in [3.8, 4) is 0 Å². The number of hydroxylamine groups is 1. The molecule has 0 spiro atoms. The summed E-state index contributed by atoms with van der Waals surface area (Å²) >= 11 is 11.3. The van der Waals surface area contributed by atoms with Crippen LogP contribution < -0.4 is 5.48 Å². The number of nitrogens with zero attached hydrogens (tertiary/aromatic N) is 2. The molecule has 0 saturated carbocycles. The van der Waals surface area contributed by atoms with Crippen LogP contribution in [0.4, 0.5) is 30.7 Å². The van der Waals surface area contributed by atoms with Gasteiger partial charge >= 0.3 is 12.4 Å². The Balaban J connectivity index is 1.65. The van der Waals surface area contributed by atoms with E-state index in [1.165, 1.54) is 26.0 Å². The number of likely N-dealkylation sites (tertiary alicyclic amines) is 1. The number of hydrogen-bond acceptors (Lipinski definition) is 5. The zero-order chi connectivity index (χ0) is 28.5. The third-order valence-electron chi connectivity index (χ3n) is 6.08. The molecule has 1 aromatic carbocycles. The Morgan fingerprint density at radius 3 is 2.26 bits per heavy atom. The fourth-order valence-electron chi connectivity index (χ4n) is 4.06. The van der Waals surface area contributed by atoms with Crippen LogP contribution in [0.5, 0.6) is 0 Å². The highest BCUT2D eigenvalue weighted by atomic mass is 35.5. The molecule has 1 unspecified atom stereocenters. The SMILES string of the molecule is CC(C)(O)C(=O)N1CC(F)(c2ccc(C3=CC(c4cc(Cl)c(Cl)c(C(F)(F)F)c4)(C(F)(F)F)ON3)cn2)C1. The Kier molecular flexibility index (Phi) is 6.70. The number of carbonyl (C=O) groups excluding carboxylic acids is 1. The Morgan fingerprint density at radius 1 is 1.13 bits per heavy atom. The van der Waals surface area contributed by atoms with Crippen LogP contribution in [-0.2, 0) is 27.1 Å². The number of halogens is 9. The summed E-state index contributed by atoms with van der Waals surface area (Å²) in [6.45, 7) is 1.74. The number of alkyl halides is 7. The Morgan fingerprint density at radius 2 is 1.76 bits per heavy atom. The van der Waals surface area contributed by atoms with Crippen LogP contribution in [0, 0.1) is 0 Å². The van der Waals surface area contributed by atoms with E-state index < -0.39 is 56.3 Å². The van der Waals surface area contributed by atoms with Gasteiger partial charge in [-0.1, -0.05) is 23.2 Å². The summed E-state index contributed by atoms with van der Waals surface area (Å²) in [6, 6.07) is 3.25. The van der Waals surface area contributed by atoms with Gasteiger partial charge in [0.1, 0.15) is 5.60 Å². The molecule has 15 heteroatoms. The average molecular weight is 588 g/mol. The molecule has 0 radical (unpaired) electrons. The third-order valence-corrected chi connectivity index (χ3v) is 6.88. The molecular formula is C23H18Cl2F7N3O3. The molecule has 38 heavy (non-hydrogen) atoms. The lowest BCUT2D eigenvalue weighted by atomic mass is 9.89. The van der Waals surface area contributed by atoms with E-state index in [-0.39, 0.29) is 36.1 Å². The molecule has 1 aromatic heterocycles. The molecule has 1 fully saturated rings. The maximum absolute atomic E-state index is 15.2. The molecule has 4 rings (SSSR count). The van der Waals surface area contributed by atoms with Gasteiger partial charge in [-0.2, -0.15) is 26.3 Å². The van der Waals surface area contributed by atoms with Crippen LogP contribution in [0.15, 0.2) is 36.5 Å². The normalized spacial score (nSPS) is 21.6. The van der Waals surface area contributed by atoms with Crippen LogP contribution in [0.3, 0.4) is 0 Å². The van der Waals surface area contributed by atoms with E-state index in [0.29, 0.717) is 12.1 Å². The van der Waals surface area contributed by atoms with Gasteiger partial charge in [0.2, 0.25) is 5.60 Å². The zero-order valence-electron chi connectivity index (χ0n) is 19.4. The minimum atomic E-state index is -5.25. The third kappa shape index (κ3) is 4.80. The van der Waals surface area contributed by atoms with Gasteiger partial charge in [0, 0.05) is 17.3 Å². The molecule has 0 bridgehead atoms. The Labute approximate surface area is 220 Å². The van der Waals surface area contributed by atoms with Crippen molar-refractivity contribution in [1.82, 2.24) is 15.4 Å². The van der Waals surface area contributed by atoms with E-state index in [2.05, 4.69) is 10.5 Å². The first-order valence-corrected chi connectivity index (χ1v) is 11.5. The standard InChI is InChI=1S/C23H18Cl2F7N3O3/c1-19(2,37)18(36)35-9-20(26,10-35)16-4-3-11(8-33-16)15-7-21(38-34-15,23(30,31)32)12-5-13(22(27,28)29)17(25)14(24)6-12/h3-8,34,37H,9-10H2,1-2H3. The number of nitrogens with one attached hydrogen (secondary N) is 1. The maximum atomic E-state index is 15.2. The van der Waals surface area contributed by atoms with Gasteiger partial charge in [0.05, 0.1) is 40.1 Å². The zero-order valence-corrected chi connectivity index (χ0v) is 20.9. The van der Waals surface area contributed by atoms with Crippen LogP contribution in [0.2, 0.25) is 10.0 Å². The number of amides is 1. The summed E-state index contributed by atoms with van der Waals surface area (Å²) in [4.78, 5) is 21.9. The van der Waals surface area contributed by atoms with E-state index in [4.69, 9.17) is 28.0 Å². The molecule has 206 valence electrons. The predicted octanol–water partition coefficient (Wildman–Crippen LogP) is 5.52. The van der Waals surface area contributed by atoms with Crippen molar-refractivity contribution in [2.45, 2.75) is 43.1 Å². The molecule has 6 nitrogen and oxygen atoms in total. The molecule has 2 aromatic rings. The number of aromatic nitrogens is 1. The van der Waals surface area contributed by atoms with Gasteiger partial charge in [0.25, 0.3) is 5.91 Å². The Bertz CT molecular complexity index is 1300. The molecule has 3 heterocycles. The van der Waals surface area contributed by atoms with Crippen LogP contribution in [-0.4, -0.2) is 45.8 Å². The summed E-state index contributed by atoms with van der Waals surface area (Å²) in [5, 5.41) is 8.06. The highest BCUT2D eigenvalue weighted by molar-refractivity contribution is 6.42. The van der Waals surface area contributed by atoms with E-state index in [0.717, 1.165) is 11.1 Å². The van der Waals surface area contributed by atoms with Crippen molar-refractivity contribution >= 4 is 34.8 Å². The molecule has 2 aliphatic rings. The molecule has 1 amide bonds. The second-order valence-electron chi connectivity index (χ2n) is 9.43. The second-order valence-corrected chi connectivity index (χ2v) is 10.2. The summed E-state index contributed by atoms with van der Waals surface area (Å²) in [5.41, 5.74) is -8.02. The van der Waals surface area contributed by atoms with E-state index in [1.54, 1.807) is 0 Å². The number of aliphatic hydroxyl groups is 1. The fourth-order valence-corrected chi connectivity index (χ4v) is 4.50. The van der Waals surface area contributed by atoms with E-state index >= 15 is 4.39 Å². The van der Waals surface area contributed by atoms with Crippen molar-refractivity contribution in [2.24, 2.45) is 0 Å². The van der Waals surface area contributed by atoms with Crippen LogP contribution in [0.25, 0.3) is 5.70 Å². The van der Waals surface area contributed by atoms with Gasteiger partial charge in [-0.15, -0.1) is 0 Å². The maximum Gasteiger partial charge on any atom is 0.428 e.